The van der Waals surface area contributed by atoms with Gasteiger partial charge in [-0.1, -0.05) is 54.6 Å². The monoisotopic (exact) mass is 497 g/mol. The van der Waals surface area contributed by atoms with Crippen LogP contribution in [0.1, 0.15) is 28.4 Å². The minimum absolute atomic E-state index is 0.0781. The second-order valence-electron chi connectivity index (χ2n) is 8.09. The van der Waals surface area contributed by atoms with Crippen LogP contribution in [-0.4, -0.2) is 22.0 Å². The first-order chi connectivity index (χ1) is 18.1. The van der Waals surface area contributed by atoms with Crippen molar-refractivity contribution in [2.24, 2.45) is 5.73 Å². The average Bonchev–Trinajstić information content (AvgIpc) is 2.95. The van der Waals surface area contributed by atoms with E-state index < -0.39 is 18.0 Å². The number of nitrogens with one attached hydrogen (secondary N) is 2. The van der Waals surface area contributed by atoms with Crippen LogP contribution in [-0.2, 0) is 29.3 Å². The van der Waals surface area contributed by atoms with Gasteiger partial charge in [0.2, 0.25) is 0 Å². The molecule has 0 aliphatic carbocycles. The van der Waals surface area contributed by atoms with Gasteiger partial charge in [0.1, 0.15) is 25.0 Å². The quantitative estimate of drug-likeness (QED) is 0.301. The molecule has 0 aliphatic rings. The fourth-order valence-corrected chi connectivity index (χ4v) is 3.49. The third-order valence-electron chi connectivity index (χ3n) is 5.38. The number of anilines is 1. The number of hydrogen-bond donors (Lipinski definition) is 3. The van der Waals surface area contributed by atoms with Gasteiger partial charge in [0.05, 0.1) is 11.9 Å². The minimum Gasteiger partial charge on any atom is -0.487 e. The smallest absolute Gasteiger partial charge is 0.408 e. The second-order valence-corrected chi connectivity index (χ2v) is 8.09. The predicted molar refractivity (Wildman–Crippen MR) is 138 cm³/mol. The van der Waals surface area contributed by atoms with Crippen molar-refractivity contribution in [1.82, 2.24) is 15.3 Å². The van der Waals surface area contributed by atoms with E-state index >= 15 is 0 Å². The lowest BCUT2D eigenvalue weighted by Gasteiger charge is -2.19. The van der Waals surface area contributed by atoms with Crippen LogP contribution in [0.5, 0.6) is 5.75 Å². The number of nitrogens with zero attached hydrogens (tertiary/aromatic N) is 2. The minimum atomic E-state index is -1.01. The van der Waals surface area contributed by atoms with Crippen LogP contribution in [0.25, 0.3) is 0 Å². The zero-order valence-corrected chi connectivity index (χ0v) is 20.0. The number of carbonyl (C=O) groups is 2. The van der Waals surface area contributed by atoms with Crippen LogP contribution >= 0.6 is 0 Å². The van der Waals surface area contributed by atoms with Gasteiger partial charge in [0, 0.05) is 24.6 Å². The first kappa shape index (κ1) is 25.3. The molecular formula is C28H27N5O4. The number of hydrogen-bond acceptors (Lipinski definition) is 7. The summed E-state index contributed by atoms with van der Waals surface area (Å²) < 4.78 is 11.1. The molecule has 0 bridgehead atoms. The summed E-state index contributed by atoms with van der Waals surface area (Å²) in [6.45, 7) is 0.667. The average molecular weight is 498 g/mol. The van der Waals surface area contributed by atoms with Crippen molar-refractivity contribution < 1.29 is 19.1 Å². The molecule has 4 N–H and O–H groups in total. The Labute approximate surface area is 214 Å². The zero-order chi connectivity index (χ0) is 25.9. The third-order valence-corrected chi connectivity index (χ3v) is 5.38. The van der Waals surface area contributed by atoms with Gasteiger partial charge in [-0.2, -0.15) is 0 Å². The van der Waals surface area contributed by atoms with E-state index in [0.29, 0.717) is 29.2 Å². The fourth-order valence-electron chi connectivity index (χ4n) is 3.49. The van der Waals surface area contributed by atoms with Gasteiger partial charge in [0.25, 0.3) is 5.91 Å². The number of ether oxygens (including phenoxy) is 2. The Hall–Kier alpha value is -4.76. The van der Waals surface area contributed by atoms with Crippen LogP contribution < -0.4 is 21.1 Å². The van der Waals surface area contributed by atoms with E-state index in [1.807, 2.05) is 36.4 Å². The number of amides is 2. The SMILES string of the molecule is NCc1cccc(NC(=O)[C@@H](NC(=O)OCc2ccccc2)c2ccc(OCc3cnccn3)cc2)c1. The van der Waals surface area contributed by atoms with E-state index in [1.54, 1.807) is 61.1 Å². The van der Waals surface area contributed by atoms with E-state index in [2.05, 4.69) is 20.6 Å². The molecule has 188 valence electrons. The van der Waals surface area contributed by atoms with Gasteiger partial charge in [-0.05, 0) is 41.0 Å². The number of benzene rings is 3. The zero-order valence-electron chi connectivity index (χ0n) is 20.0. The molecule has 4 aromatic rings. The third kappa shape index (κ3) is 7.61. The van der Waals surface area contributed by atoms with Crippen molar-refractivity contribution in [3.8, 4) is 5.75 Å². The first-order valence-corrected chi connectivity index (χ1v) is 11.7. The number of aromatic nitrogens is 2. The number of alkyl carbamates (subject to hydrolysis) is 1. The molecule has 1 heterocycles. The summed E-state index contributed by atoms with van der Waals surface area (Å²) in [5.41, 5.74) is 9.23. The highest BCUT2D eigenvalue weighted by Crippen LogP contribution is 2.21. The summed E-state index contributed by atoms with van der Waals surface area (Å²) in [5, 5.41) is 5.52. The van der Waals surface area contributed by atoms with Crippen molar-refractivity contribution in [2.75, 3.05) is 5.32 Å². The molecule has 3 aromatic carbocycles. The molecule has 0 saturated carbocycles. The van der Waals surface area contributed by atoms with Gasteiger partial charge in [0.15, 0.2) is 0 Å². The van der Waals surface area contributed by atoms with E-state index in [1.165, 1.54) is 0 Å². The highest BCUT2D eigenvalue weighted by molar-refractivity contribution is 5.97. The molecule has 1 atom stereocenters. The molecule has 0 spiro atoms. The fraction of sp³-hybridized carbons (Fsp3) is 0.143. The van der Waals surface area contributed by atoms with E-state index in [9.17, 15) is 9.59 Å². The van der Waals surface area contributed by atoms with Gasteiger partial charge in [-0.3, -0.25) is 14.8 Å². The molecular weight excluding hydrogens is 470 g/mol. The highest BCUT2D eigenvalue weighted by atomic mass is 16.5. The van der Waals surface area contributed by atoms with Gasteiger partial charge in [-0.25, -0.2) is 4.79 Å². The number of rotatable bonds is 10. The molecule has 0 unspecified atom stereocenters. The van der Waals surface area contributed by atoms with Crippen LogP contribution in [0.4, 0.5) is 10.5 Å². The molecule has 2 amide bonds. The Morgan fingerprint density at radius 1 is 0.892 bits per heavy atom. The maximum atomic E-state index is 13.3. The van der Waals surface area contributed by atoms with Crippen molar-refractivity contribution in [2.45, 2.75) is 25.8 Å². The largest absolute Gasteiger partial charge is 0.487 e. The summed E-state index contributed by atoms with van der Waals surface area (Å²) in [4.78, 5) is 34.1. The Bertz CT molecular complexity index is 1300. The van der Waals surface area contributed by atoms with Crippen molar-refractivity contribution in [3.63, 3.8) is 0 Å². The van der Waals surface area contributed by atoms with Crippen LogP contribution in [0.15, 0.2) is 97.5 Å². The standard InChI is InChI=1S/C28H27N5O4/c29-16-21-7-4-8-23(15-21)32-27(34)26(33-28(35)37-18-20-5-2-1-3-6-20)22-9-11-25(12-10-22)36-19-24-17-30-13-14-31-24/h1-15,17,26H,16,18-19,29H2,(H,32,34)(H,33,35)/t26-/m0/s1. The Morgan fingerprint density at radius 2 is 1.68 bits per heavy atom. The number of nitrogens with two attached hydrogens (primary N) is 1. The lowest BCUT2D eigenvalue weighted by molar-refractivity contribution is -0.118. The van der Waals surface area contributed by atoms with Crippen LogP contribution in [0.3, 0.4) is 0 Å². The summed E-state index contributed by atoms with van der Waals surface area (Å²) >= 11 is 0. The molecule has 0 saturated heterocycles. The van der Waals surface area contributed by atoms with Crippen LogP contribution in [0, 0.1) is 0 Å². The van der Waals surface area contributed by atoms with E-state index in [0.717, 1.165) is 11.1 Å². The normalized spacial score (nSPS) is 11.3. The first-order valence-electron chi connectivity index (χ1n) is 11.7. The number of carbonyl (C=O) groups excluding carboxylic acids is 2. The molecule has 37 heavy (non-hydrogen) atoms. The molecule has 1 aromatic heterocycles. The maximum Gasteiger partial charge on any atom is 0.408 e. The maximum absolute atomic E-state index is 13.3. The predicted octanol–water partition coefficient (Wildman–Crippen LogP) is 4.12. The Morgan fingerprint density at radius 3 is 2.41 bits per heavy atom. The van der Waals surface area contributed by atoms with Gasteiger partial charge < -0.3 is 25.8 Å². The van der Waals surface area contributed by atoms with E-state index in [-0.39, 0.29) is 13.2 Å². The lowest BCUT2D eigenvalue weighted by Crippen LogP contribution is -2.37. The van der Waals surface area contributed by atoms with Crippen molar-refractivity contribution >= 4 is 17.7 Å². The Balaban J connectivity index is 1.46. The van der Waals surface area contributed by atoms with Crippen LogP contribution in [0.2, 0.25) is 0 Å². The summed E-state index contributed by atoms with van der Waals surface area (Å²) in [5.74, 6) is 0.148. The summed E-state index contributed by atoms with van der Waals surface area (Å²) in [6.07, 6.45) is 4.09. The van der Waals surface area contributed by atoms with E-state index in [4.69, 9.17) is 15.2 Å². The molecule has 0 radical (unpaired) electrons. The molecule has 4 rings (SSSR count). The highest BCUT2D eigenvalue weighted by Gasteiger charge is 2.24. The molecule has 9 heteroatoms. The Kier molecular flexibility index (Phi) is 8.77. The van der Waals surface area contributed by atoms with Gasteiger partial charge >= 0.3 is 6.09 Å². The summed E-state index contributed by atoms with van der Waals surface area (Å²) in [7, 11) is 0. The molecule has 0 aliphatic heterocycles. The van der Waals surface area contributed by atoms with Gasteiger partial charge in [-0.15, -0.1) is 0 Å². The second kappa shape index (κ2) is 12.8. The lowest BCUT2D eigenvalue weighted by atomic mass is 10.1. The van der Waals surface area contributed by atoms with Crippen molar-refractivity contribution in [1.29, 1.82) is 0 Å². The topological polar surface area (TPSA) is 128 Å². The van der Waals surface area contributed by atoms with Crippen molar-refractivity contribution in [3.05, 3.63) is 120 Å². The molecule has 9 nitrogen and oxygen atoms in total. The summed E-state index contributed by atoms with van der Waals surface area (Å²) in [6, 6.07) is 22.4. The molecule has 0 fully saturated rings.